The number of carbonyl (C=O) groups is 1. The highest BCUT2D eigenvalue weighted by Gasteiger charge is 2.36. The maximum atomic E-state index is 13.2. The normalized spacial score (nSPS) is 13.6. The van der Waals surface area contributed by atoms with E-state index in [-0.39, 0.29) is 22.4 Å². The predicted octanol–water partition coefficient (Wildman–Crippen LogP) is 8.09. The minimum atomic E-state index is 0.0460. The van der Waals surface area contributed by atoms with Gasteiger partial charge in [-0.25, -0.2) is 13.8 Å². The molecule has 6 heteroatoms. The van der Waals surface area contributed by atoms with E-state index in [1.54, 1.807) is 6.92 Å². The van der Waals surface area contributed by atoms with Gasteiger partial charge in [0.05, 0.1) is 36.7 Å². The minimum absolute atomic E-state index is 0.0460. The van der Waals surface area contributed by atoms with E-state index >= 15 is 0 Å². The number of rotatable bonds is 10. The summed E-state index contributed by atoms with van der Waals surface area (Å²) in [6, 6.07) is 28.3. The third kappa shape index (κ3) is 7.27. The summed E-state index contributed by atoms with van der Waals surface area (Å²) in [7, 11) is 1.98. The van der Waals surface area contributed by atoms with Crippen LogP contribution in [0.15, 0.2) is 97.3 Å². The van der Waals surface area contributed by atoms with Crippen LogP contribution in [0.1, 0.15) is 38.7 Å². The van der Waals surface area contributed by atoms with E-state index in [2.05, 4.69) is 41.2 Å². The summed E-state index contributed by atoms with van der Waals surface area (Å²) >= 11 is 12.7. The number of halogens is 2. The zero-order valence-electron chi connectivity index (χ0n) is 23.0. The van der Waals surface area contributed by atoms with E-state index in [1.807, 2.05) is 81.6 Å². The molecular formula is C33H36Cl2N2O2+2. The standard InChI is InChI=1S/C33H36Cl2N2O2/c1-24(2)39-31-12-8-11-30(22-31)37(4,25(3)38)23-29(28-13-14-32(34)33(35)21-28)17-20-36-18-15-27(16-19-36)26-9-6-5-7-10-26/h5-16,18-19,21-22,24,29H,17,20,23H2,1-4H3/q+2. The van der Waals surface area contributed by atoms with Crippen LogP contribution in [-0.4, -0.2) is 25.6 Å². The molecule has 0 aliphatic rings. The Morgan fingerprint density at radius 2 is 1.56 bits per heavy atom. The van der Waals surface area contributed by atoms with Gasteiger partial charge in [-0.05, 0) is 54.8 Å². The number of ether oxygens (including phenoxy) is 1. The summed E-state index contributed by atoms with van der Waals surface area (Å²) in [5.41, 5.74) is 4.32. The number of pyridine rings is 1. The second kappa shape index (κ2) is 12.8. The first kappa shape index (κ1) is 28.8. The van der Waals surface area contributed by atoms with Crippen molar-refractivity contribution in [3.63, 3.8) is 0 Å². The van der Waals surface area contributed by atoms with Crippen molar-refractivity contribution in [3.8, 4) is 16.9 Å². The number of likely N-dealkylation sites (N-methyl/N-ethyl adjacent to an activating group) is 1. The highest BCUT2D eigenvalue weighted by molar-refractivity contribution is 6.42. The molecule has 0 saturated carbocycles. The summed E-state index contributed by atoms with van der Waals surface area (Å²) in [6.07, 6.45) is 5.09. The average molecular weight is 564 g/mol. The van der Waals surface area contributed by atoms with Crippen molar-refractivity contribution in [2.45, 2.75) is 45.8 Å². The van der Waals surface area contributed by atoms with Gasteiger partial charge in [-0.3, -0.25) is 0 Å². The van der Waals surface area contributed by atoms with E-state index in [0.29, 0.717) is 16.6 Å². The highest BCUT2D eigenvalue weighted by atomic mass is 35.5. The number of benzene rings is 3. The Morgan fingerprint density at radius 3 is 2.21 bits per heavy atom. The molecule has 0 saturated heterocycles. The first-order valence-corrected chi connectivity index (χ1v) is 14.0. The zero-order valence-corrected chi connectivity index (χ0v) is 24.5. The molecular weight excluding hydrogens is 527 g/mol. The molecule has 0 bridgehead atoms. The Hall–Kier alpha value is -3.18. The summed E-state index contributed by atoms with van der Waals surface area (Å²) < 4.78 is 8.26. The summed E-state index contributed by atoms with van der Waals surface area (Å²) in [6.45, 7) is 7.00. The third-order valence-corrected chi connectivity index (χ3v) is 7.93. The lowest BCUT2D eigenvalue weighted by Gasteiger charge is -2.34. The van der Waals surface area contributed by atoms with E-state index in [1.165, 1.54) is 11.1 Å². The lowest BCUT2D eigenvalue weighted by molar-refractivity contribution is -0.697. The van der Waals surface area contributed by atoms with E-state index in [4.69, 9.17) is 27.9 Å². The molecule has 1 amide bonds. The van der Waals surface area contributed by atoms with E-state index in [0.717, 1.165) is 30.0 Å². The lowest BCUT2D eigenvalue weighted by Crippen LogP contribution is -2.52. The maximum absolute atomic E-state index is 13.2. The monoisotopic (exact) mass is 562 g/mol. The number of nitrogens with zero attached hydrogens (tertiary/aromatic N) is 2. The van der Waals surface area contributed by atoms with Crippen LogP contribution in [0.5, 0.6) is 5.75 Å². The predicted molar refractivity (Wildman–Crippen MR) is 161 cm³/mol. The number of amides is 1. The number of hydrogen-bond donors (Lipinski definition) is 0. The van der Waals surface area contributed by atoms with E-state index < -0.39 is 0 Å². The molecule has 3 aromatic carbocycles. The lowest BCUT2D eigenvalue weighted by atomic mass is 9.93. The van der Waals surface area contributed by atoms with Gasteiger partial charge in [-0.1, -0.05) is 65.7 Å². The molecule has 0 aliphatic heterocycles. The fourth-order valence-corrected chi connectivity index (χ4v) is 5.16. The summed E-state index contributed by atoms with van der Waals surface area (Å²) in [5.74, 6) is 0.861. The van der Waals surface area contributed by atoms with Crippen LogP contribution in [0.4, 0.5) is 5.69 Å². The van der Waals surface area contributed by atoms with Crippen LogP contribution in [0.3, 0.4) is 0 Å². The van der Waals surface area contributed by atoms with Crippen LogP contribution in [0.2, 0.25) is 10.0 Å². The molecule has 0 radical (unpaired) electrons. The number of quaternary nitrogens is 1. The molecule has 2 atom stereocenters. The Balaban J connectivity index is 1.62. The van der Waals surface area contributed by atoms with Gasteiger partial charge in [-0.2, -0.15) is 0 Å². The fourth-order valence-electron chi connectivity index (χ4n) is 4.86. The topological polar surface area (TPSA) is 30.2 Å². The zero-order chi connectivity index (χ0) is 28.0. The van der Waals surface area contributed by atoms with Gasteiger partial charge in [0.2, 0.25) is 0 Å². The second-order valence-corrected chi connectivity index (χ2v) is 11.2. The molecule has 2 unspecified atom stereocenters. The van der Waals surface area contributed by atoms with Gasteiger partial charge in [-0.15, -0.1) is 0 Å². The molecule has 0 N–H and O–H groups in total. The SMILES string of the molecule is CC(=O)[N+](C)(CC(CC[n+]1ccc(-c2ccccc2)cc1)c1ccc(Cl)c(Cl)c1)c1cccc(OC(C)C)c1. The minimum Gasteiger partial charge on any atom is -0.491 e. The Labute approximate surface area is 242 Å². The molecule has 0 fully saturated rings. The van der Waals surface area contributed by atoms with Gasteiger partial charge in [0, 0.05) is 30.5 Å². The van der Waals surface area contributed by atoms with E-state index in [9.17, 15) is 4.79 Å². The second-order valence-electron chi connectivity index (χ2n) is 10.4. The molecule has 1 heterocycles. The highest BCUT2D eigenvalue weighted by Crippen LogP contribution is 2.34. The molecule has 1 aromatic heterocycles. The Kier molecular flexibility index (Phi) is 9.45. The van der Waals surface area contributed by atoms with Gasteiger partial charge in [0.15, 0.2) is 12.4 Å². The number of aromatic nitrogens is 1. The van der Waals surface area contributed by atoms with Crippen molar-refractivity contribution < 1.29 is 14.1 Å². The first-order valence-electron chi connectivity index (χ1n) is 13.3. The molecule has 0 spiro atoms. The molecule has 4 nitrogen and oxygen atoms in total. The van der Waals surface area contributed by atoms with Crippen LogP contribution >= 0.6 is 23.2 Å². The summed E-state index contributed by atoms with van der Waals surface area (Å²) in [4.78, 5) is 13.2. The van der Waals surface area contributed by atoms with Crippen LogP contribution < -0.4 is 13.8 Å². The molecule has 39 heavy (non-hydrogen) atoms. The Morgan fingerprint density at radius 1 is 0.872 bits per heavy atom. The van der Waals surface area contributed by atoms with Crippen LogP contribution in [0, 0.1) is 0 Å². The molecule has 4 rings (SSSR count). The molecule has 4 aromatic rings. The smallest absolute Gasteiger partial charge is 0.315 e. The van der Waals surface area contributed by atoms with Crippen LogP contribution in [-0.2, 0) is 11.3 Å². The molecule has 202 valence electrons. The fraction of sp³-hybridized carbons (Fsp3) is 0.273. The van der Waals surface area contributed by atoms with Crippen molar-refractivity contribution in [2.24, 2.45) is 0 Å². The summed E-state index contributed by atoms with van der Waals surface area (Å²) in [5, 5.41) is 1.04. The Bertz CT molecular complexity index is 1410. The van der Waals surface area contributed by atoms with Crippen molar-refractivity contribution >= 4 is 34.8 Å². The quantitative estimate of drug-likeness (QED) is 0.144. The molecule has 0 aliphatic carbocycles. The van der Waals surface area contributed by atoms with Crippen molar-refractivity contribution in [2.75, 3.05) is 13.6 Å². The largest absolute Gasteiger partial charge is 0.491 e. The van der Waals surface area contributed by atoms with Crippen molar-refractivity contribution in [1.82, 2.24) is 4.48 Å². The van der Waals surface area contributed by atoms with Gasteiger partial charge >= 0.3 is 5.91 Å². The van der Waals surface area contributed by atoms with Gasteiger partial charge in [0.1, 0.15) is 18.0 Å². The van der Waals surface area contributed by atoms with Crippen LogP contribution in [0.25, 0.3) is 11.1 Å². The third-order valence-electron chi connectivity index (χ3n) is 7.19. The maximum Gasteiger partial charge on any atom is 0.315 e. The van der Waals surface area contributed by atoms with Crippen molar-refractivity contribution in [1.29, 1.82) is 0 Å². The van der Waals surface area contributed by atoms with Crippen molar-refractivity contribution in [3.05, 3.63) is 113 Å². The average Bonchev–Trinajstić information content (AvgIpc) is 2.93. The van der Waals surface area contributed by atoms with Gasteiger partial charge in [0.25, 0.3) is 0 Å². The number of hydrogen-bond acceptors (Lipinski definition) is 2. The number of carbonyl (C=O) groups excluding carboxylic acids is 1. The van der Waals surface area contributed by atoms with Gasteiger partial charge < -0.3 is 4.74 Å². The first-order chi connectivity index (χ1) is 18.7. The number of aryl methyl sites for hydroxylation is 1.